The molecule has 5 aliphatic rings. The fourth-order valence-corrected chi connectivity index (χ4v) is 7.66. The summed E-state index contributed by atoms with van der Waals surface area (Å²) in [6, 6.07) is -3.08. The molecule has 25 atom stereocenters. The minimum atomic E-state index is -2.05. The molecule has 0 saturated carbocycles. The molecular formula is C34H58N2O24. The molecule has 348 valence electrons. The number of carbonyl (C=O) groups excluding carboxylic acids is 2. The van der Waals surface area contributed by atoms with Gasteiger partial charge in [-0.25, -0.2) is 0 Å². The molecule has 5 saturated heterocycles. The molecule has 0 aromatic carbocycles. The summed E-state index contributed by atoms with van der Waals surface area (Å²) in [5.41, 5.74) is 0. The second-order valence-electron chi connectivity index (χ2n) is 15.4. The van der Waals surface area contributed by atoms with Gasteiger partial charge in [0.15, 0.2) is 31.5 Å². The maximum atomic E-state index is 12.1. The molecule has 0 aromatic rings. The van der Waals surface area contributed by atoms with Gasteiger partial charge < -0.3 is 120 Å². The number of aliphatic hydroxyl groups is 13. The number of hydrogen-bond acceptors (Lipinski definition) is 24. The maximum Gasteiger partial charge on any atom is 0.217 e. The van der Waals surface area contributed by atoms with Crippen molar-refractivity contribution in [2.45, 2.75) is 181 Å². The zero-order valence-electron chi connectivity index (χ0n) is 32.9. The zero-order valence-corrected chi connectivity index (χ0v) is 32.9. The van der Waals surface area contributed by atoms with Crippen molar-refractivity contribution >= 4 is 11.8 Å². The number of ether oxygens (including phenoxy) is 9. The molecule has 5 aliphatic heterocycles. The Morgan fingerprint density at radius 2 is 0.783 bits per heavy atom. The highest BCUT2D eigenvalue weighted by molar-refractivity contribution is 5.73. The van der Waals surface area contributed by atoms with Gasteiger partial charge in [0.05, 0.1) is 32.0 Å². The summed E-state index contributed by atoms with van der Waals surface area (Å²) < 4.78 is 52.3. The van der Waals surface area contributed by atoms with Crippen molar-refractivity contribution in [1.29, 1.82) is 0 Å². The van der Waals surface area contributed by atoms with Crippen LogP contribution in [0.2, 0.25) is 0 Å². The van der Waals surface area contributed by atoms with Gasteiger partial charge in [-0.15, -0.1) is 0 Å². The van der Waals surface area contributed by atoms with Crippen LogP contribution in [0.4, 0.5) is 0 Å². The predicted molar refractivity (Wildman–Crippen MR) is 187 cm³/mol. The smallest absolute Gasteiger partial charge is 0.217 e. The predicted octanol–water partition coefficient (Wildman–Crippen LogP) is -9.58. The highest BCUT2D eigenvalue weighted by atomic mass is 16.8. The molecule has 5 heterocycles. The largest absolute Gasteiger partial charge is 0.394 e. The Hall–Kier alpha value is -1.94. The maximum absolute atomic E-state index is 12.1. The summed E-state index contributed by atoms with van der Waals surface area (Å²) in [5.74, 6) is -1.43. The van der Waals surface area contributed by atoms with Gasteiger partial charge in [-0.05, 0) is 13.8 Å². The summed E-state index contributed by atoms with van der Waals surface area (Å²) >= 11 is 0. The van der Waals surface area contributed by atoms with Crippen LogP contribution in [-0.4, -0.2) is 251 Å². The van der Waals surface area contributed by atoms with Crippen LogP contribution >= 0.6 is 0 Å². The average Bonchev–Trinajstić information content (AvgIpc) is 3.20. The van der Waals surface area contributed by atoms with E-state index in [0.29, 0.717) is 0 Å². The van der Waals surface area contributed by atoms with Crippen molar-refractivity contribution < 1.29 is 119 Å². The van der Waals surface area contributed by atoms with E-state index >= 15 is 0 Å². The van der Waals surface area contributed by atoms with Gasteiger partial charge in [0.1, 0.15) is 110 Å². The van der Waals surface area contributed by atoms with Crippen molar-refractivity contribution in [3.05, 3.63) is 0 Å². The van der Waals surface area contributed by atoms with E-state index < -0.39 is 185 Å². The Labute approximate surface area is 342 Å². The Kier molecular flexibility index (Phi) is 16.9. The highest BCUT2D eigenvalue weighted by Gasteiger charge is 2.57. The standard InChI is InChI=1S/C34H58N2O24/c1-8-17(42)23(48)27(58-31-15(35-10(3)40)22(47)19(44)12(5-37)55-31)32(52-8)59-28-24(49)18(43)9(2)53-33(28)60-29-25(50)20(45)13(6-38)56-34(29)57-26-16(36-11(4)41)30(51)54-14(7-39)21(26)46/h8-9,12-34,37-39,42-51H,5-7H2,1-4H3,(H,35,40)(H,36,41)/t8-,9-,12+,13+,14+,15-,16+,17-,18-,19+,20-,21+,22+,23+,24+,25-,26+,27+,28+,29+,30?,31-,32-,33-,34+/m0/s1. The minimum Gasteiger partial charge on any atom is -0.394 e. The summed E-state index contributed by atoms with van der Waals surface area (Å²) in [5, 5.41) is 144. The van der Waals surface area contributed by atoms with E-state index in [0.717, 1.165) is 13.8 Å². The lowest BCUT2D eigenvalue weighted by Crippen LogP contribution is -2.69. The number of hydrogen-bond donors (Lipinski definition) is 15. The van der Waals surface area contributed by atoms with Crippen LogP contribution in [0.25, 0.3) is 0 Å². The van der Waals surface area contributed by atoms with Crippen LogP contribution in [-0.2, 0) is 52.2 Å². The average molecular weight is 879 g/mol. The van der Waals surface area contributed by atoms with E-state index in [1.54, 1.807) is 0 Å². The fraction of sp³-hybridized carbons (Fsp3) is 0.941. The van der Waals surface area contributed by atoms with Gasteiger partial charge in [-0.1, -0.05) is 0 Å². The molecule has 26 nitrogen and oxygen atoms in total. The monoisotopic (exact) mass is 878 g/mol. The first kappa shape index (κ1) is 49.1. The van der Waals surface area contributed by atoms with E-state index in [-0.39, 0.29) is 0 Å². The topological polar surface area (TPSA) is 404 Å². The first-order valence-electron chi connectivity index (χ1n) is 19.3. The summed E-state index contributed by atoms with van der Waals surface area (Å²) in [7, 11) is 0. The highest BCUT2D eigenvalue weighted by Crippen LogP contribution is 2.36. The van der Waals surface area contributed by atoms with Gasteiger partial charge in [0.2, 0.25) is 11.8 Å². The van der Waals surface area contributed by atoms with Crippen LogP contribution < -0.4 is 10.6 Å². The van der Waals surface area contributed by atoms with Crippen molar-refractivity contribution in [3.8, 4) is 0 Å². The molecule has 15 N–H and O–H groups in total. The van der Waals surface area contributed by atoms with Crippen molar-refractivity contribution in [2.75, 3.05) is 19.8 Å². The molecule has 0 bridgehead atoms. The van der Waals surface area contributed by atoms with E-state index in [2.05, 4.69) is 10.6 Å². The molecular weight excluding hydrogens is 820 g/mol. The van der Waals surface area contributed by atoms with Crippen molar-refractivity contribution in [3.63, 3.8) is 0 Å². The molecule has 2 amide bonds. The molecule has 0 spiro atoms. The van der Waals surface area contributed by atoms with E-state index in [1.807, 2.05) is 0 Å². The second kappa shape index (κ2) is 20.7. The van der Waals surface area contributed by atoms with Crippen LogP contribution in [0.15, 0.2) is 0 Å². The number of carbonyl (C=O) groups is 2. The Morgan fingerprint density at radius 3 is 1.23 bits per heavy atom. The molecule has 0 aromatic heterocycles. The Morgan fingerprint density at radius 1 is 0.433 bits per heavy atom. The summed E-state index contributed by atoms with van der Waals surface area (Å²) in [4.78, 5) is 24.1. The Balaban J connectivity index is 1.47. The molecule has 5 fully saturated rings. The number of aliphatic hydroxyl groups excluding tert-OH is 13. The van der Waals surface area contributed by atoms with Gasteiger partial charge in [0, 0.05) is 13.8 Å². The van der Waals surface area contributed by atoms with E-state index in [9.17, 15) is 76.0 Å². The third kappa shape index (κ3) is 10.4. The van der Waals surface area contributed by atoms with Crippen LogP contribution in [0.1, 0.15) is 27.7 Å². The molecule has 0 radical (unpaired) electrons. The first-order chi connectivity index (χ1) is 28.2. The molecule has 60 heavy (non-hydrogen) atoms. The lowest BCUT2D eigenvalue weighted by atomic mass is 9.95. The number of rotatable bonds is 13. The number of nitrogens with one attached hydrogen (secondary N) is 2. The van der Waals surface area contributed by atoms with Crippen LogP contribution in [0.3, 0.4) is 0 Å². The molecule has 1 unspecified atom stereocenters. The molecule has 0 aliphatic carbocycles. The van der Waals surface area contributed by atoms with E-state index in [4.69, 9.17) is 42.6 Å². The molecule has 5 rings (SSSR count). The normalized spacial score (nSPS) is 50.2. The SMILES string of the molecule is CC(=O)N[C@@H]1[C@H](O[C@H]2[C@H](O[C@H]3[C@H](O[C@H]4[C@@H](O[C@H]5[C@H](O)[C@@H](CO)OC(O)[C@@H]5NC(C)=O)O[C@H](CO)[C@H](O)[C@@H]4O)O[C@@H](C)[C@H](O)[C@H]3O)O[C@@H](C)[C@H](O)[C@H]2O)O[C@H](CO)[C@@H](O)[C@@H]1O. The quantitative estimate of drug-likeness (QED) is 0.0817. The van der Waals surface area contributed by atoms with Crippen LogP contribution in [0, 0.1) is 0 Å². The van der Waals surface area contributed by atoms with Gasteiger partial charge in [0.25, 0.3) is 0 Å². The van der Waals surface area contributed by atoms with Crippen LogP contribution in [0.5, 0.6) is 0 Å². The second-order valence-corrected chi connectivity index (χ2v) is 15.4. The lowest BCUT2D eigenvalue weighted by molar-refractivity contribution is -0.404. The summed E-state index contributed by atoms with van der Waals surface area (Å²) in [6.45, 7) is 2.22. The van der Waals surface area contributed by atoms with Crippen molar-refractivity contribution in [1.82, 2.24) is 10.6 Å². The first-order valence-corrected chi connectivity index (χ1v) is 19.3. The van der Waals surface area contributed by atoms with Gasteiger partial charge >= 0.3 is 0 Å². The van der Waals surface area contributed by atoms with Crippen molar-refractivity contribution in [2.24, 2.45) is 0 Å². The third-order valence-corrected chi connectivity index (χ3v) is 11.1. The third-order valence-electron chi connectivity index (χ3n) is 11.1. The fourth-order valence-electron chi connectivity index (χ4n) is 7.66. The Bertz CT molecular complexity index is 1410. The minimum absolute atomic E-state index is 0.716. The zero-order chi connectivity index (χ0) is 44.5. The molecule has 26 heteroatoms. The van der Waals surface area contributed by atoms with Gasteiger partial charge in [-0.3, -0.25) is 9.59 Å². The van der Waals surface area contributed by atoms with E-state index in [1.165, 1.54) is 13.8 Å². The van der Waals surface area contributed by atoms with Gasteiger partial charge in [-0.2, -0.15) is 0 Å². The number of amides is 2. The summed E-state index contributed by atoms with van der Waals surface area (Å²) in [6.07, 6.45) is -40.4. The lowest BCUT2D eigenvalue weighted by Gasteiger charge is -2.50.